The van der Waals surface area contributed by atoms with Gasteiger partial charge in [0.05, 0.1) is 0 Å². The lowest BCUT2D eigenvalue weighted by molar-refractivity contribution is 0.977. The predicted octanol–water partition coefficient (Wildman–Crippen LogP) is 3.41. The maximum absolute atomic E-state index is 6.02. The highest BCUT2D eigenvalue weighted by Gasteiger charge is 2.06. The summed E-state index contributed by atoms with van der Waals surface area (Å²) < 4.78 is 0. The first kappa shape index (κ1) is 12.3. The molecule has 0 unspecified atom stereocenters. The van der Waals surface area contributed by atoms with Gasteiger partial charge in [-0.3, -0.25) is 0 Å². The minimum Gasteiger partial charge on any atom is -0.369 e. The van der Waals surface area contributed by atoms with Gasteiger partial charge in [-0.2, -0.15) is 11.3 Å². The standard InChI is InChI=1S/C12H14ClN3S/c1-2-10-11(13)15-8-16-12(10)14-5-3-9-4-6-17-7-9/h4,6-8H,2-3,5H2,1H3,(H,14,15,16). The summed E-state index contributed by atoms with van der Waals surface area (Å²) >= 11 is 7.74. The molecule has 0 aliphatic heterocycles. The Morgan fingerprint density at radius 3 is 3.00 bits per heavy atom. The van der Waals surface area contributed by atoms with Crippen LogP contribution < -0.4 is 5.32 Å². The lowest BCUT2D eigenvalue weighted by Crippen LogP contribution is -2.08. The Morgan fingerprint density at radius 1 is 1.41 bits per heavy atom. The van der Waals surface area contributed by atoms with Gasteiger partial charge in [-0.1, -0.05) is 18.5 Å². The molecular weight excluding hydrogens is 254 g/mol. The first-order valence-electron chi connectivity index (χ1n) is 5.55. The van der Waals surface area contributed by atoms with Gasteiger partial charge in [0.2, 0.25) is 0 Å². The van der Waals surface area contributed by atoms with Crippen molar-refractivity contribution in [1.29, 1.82) is 0 Å². The Balaban J connectivity index is 1.97. The van der Waals surface area contributed by atoms with Crippen molar-refractivity contribution in [2.24, 2.45) is 0 Å². The van der Waals surface area contributed by atoms with E-state index < -0.39 is 0 Å². The van der Waals surface area contributed by atoms with Gasteiger partial charge >= 0.3 is 0 Å². The summed E-state index contributed by atoms with van der Waals surface area (Å²) in [6.45, 7) is 2.91. The van der Waals surface area contributed by atoms with E-state index in [0.717, 1.165) is 30.8 Å². The molecule has 2 aromatic heterocycles. The van der Waals surface area contributed by atoms with Crippen LogP contribution in [0.2, 0.25) is 5.15 Å². The largest absolute Gasteiger partial charge is 0.369 e. The fourth-order valence-corrected chi connectivity index (χ4v) is 2.59. The third kappa shape index (κ3) is 3.17. The average molecular weight is 268 g/mol. The molecule has 0 saturated heterocycles. The molecule has 5 heteroatoms. The maximum atomic E-state index is 6.02. The third-order valence-electron chi connectivity index (χ3n) is 2.53. The second-order valence-electron chi connectivity index (χ2n) is 3.65. The van der Waals surface area contributed by atoms with Crippen molar-refractivity contribution >= 4 is 28.8 Å². The number of nitrogens with one attached hydrogen (secondary N) is 1. The van der Waals surface area contributed by atoms with Crippen LogP contribution in [0.15, 0.2) is 23.2 Å². The van der Waals surface area contributed by atoms with Crippen LogP contribution in [0.25, 0.3) is 0 Å². The number of thiophene rings is 1. The molecule has 2 heterocycles. The van der Waals surface area contributed by atoms with E-state index in [1.54, 1.807) is 11.3 Å². The number of hydrogen-bond acceptors (Lipinski definition) is 4. The Bertz CT molecular complexity index is 471. The van der Waals surface area contributed by atoms with Gasteiger partial charge in [-0.15, -0.1) is 0 Å². The fourth-order valence-electron chi connectivity index (χ4n) is 1.62. The molecule has 0 saturated carbocycles. The SMILES string of the molecule is CCc1c(Cl)ncnc1NCCc1ccsc1. The minimum absolute atomic E-state index is 0.542. The molecule has 0 bridgehead atoms. The fraction of sp³-hybridized carbons (Fsp3) is 0.333. The number of aromatic nitrogens is 2. The van der Waals surface area contributed by atoms with Crippen LogP contribution in [0.5, 0.6) is 0 Å². The summed E-state index contributed by atoms with van der Waals surface area (Å²) in [6.07, 6.45) is 3.32. The second-order valence-corrected chi connectivity index (χ2v) is 4.79. The van der Waals surface area contributed by atoms with Crippen LogP contribution in [0.4, 0.5) is 5.82 Å². The lowest BCUT2D eigenvalue weighted by atomic mass is 10.2. The van der Waals surface area contributed by atoms with E-state index in [4.69, 9.17) is 11.6 Å². The van der Waals surface area contributed by atoms with Gasteiger partial charge in [-0.05, 0) is 35.2 Å². The number of halogens is 1. The summed E-state index contributed by atoms with van der Waals surface area (Å²) in [6, 6.07) is 2.14. The number of anilines is 1. The zero-order valence-corrected chi connectivity index (χ0v) is 11.2. The van der Waals surface area contributed by atoms with Gasteiger partial charge in [0.1, 0.15) is 17.3 Å². The van der Waals surface area contributed by atoms with Crippen molar-refractivity contribution in [1.82, 2.24) is 9.97 Å². The highest BCUT2D eigenvalue weighted by molar-refractivity contribution is 7.07. The van der Waals surface area contributed by atoms with E-state index in [1.165, 1.54) is 11.9 Å². The lowest BCUT2D eigenvalue weighted by Gasteiger charge is -2.09. The molecular formula is C12H14ClN3S. The molecule has 0 aromatic carbocycles. The molecule has 17 heavy (non-hydrogen) atoms. The Labute approximate surface area is 110 Å². The van der Waals surface area contributed by atoms with E-state index in [2.05, 4.69) is 39.0 Å². The molecule has 90 valence electrons. The van der Waals surface area contributed by atoms with Gasteiger partial charge in [0.15, 0.2) is 0 Å². The third-order valence-corrected chi connectivity index (χ3v) is 3.59. The molecule has 2 rings (SSSR count). The quantitative estimate of drug-likeness (QED) is 0.844. The van der Waals surface area contributed by atoms with Crippen LogP contribution in [-0.4, -0.2) is 16.5 Å². The van der Waals surface area contributed by atoms with Crippen LogP contribution in [0.1, 0.15) is 18.1 Å². The molecule has 0 atom stereocenters. The number of hydrogen-bond donors (Lipinski definition) is 1. The molecule has 2 aromatic rings. The molecule has 0 spiro atoms. The van der Waals surface area contributed by atoms with E-state index in [9.17, 15) is 0 Å². The molecule has 0 aliphatic rings. The zero-order chi connectivity index (χ0) is 12.1. The van der Waals surface area contributed by atoms with Crippen LogP contribution >= 0.6 is 22.9 Å². The van der Waals surface area contributed by atoms with Gasteiger partial charge in [-0.25, -0.2) is 9.97 Å². The summed E-state index contributed by atoms with van der Waals surface area (Å²) in [7, 11) is 0. The Hall–Kier alpha value is -1.13. The predicted molar refractivity (Wildman–Crippen MR) is 72.9 cm³/mol. The smallest absolute Gasteiger partial charge is 0.137 e. The normalized spacial score (nSPS) is 10.5. The van der Waals surface area contributed by atoms with Gasteiger partial charge in [0.25, 0.3) is 0 Å². The maximum Gasteiger partial charge on any atom is 0.137 e. The molecule has 0 aliphatic carbocycles. The highest BCUT2D eigenvalue weighted by Crippen LogP contribution is 2.20. The van der Waals surface area contributed by atoms with Crippen molar-refractivity contribution in [3.63, 3.8) is 0 Å². The number of rotatable bonds is 5. The van der Waals surface area contributed by atoms with Crippen LogP contribution in [0, 0.1) is 0 Å². The first-order valence-corrected chi connectivity index (χ1v) is 6.87. The molecule has 3 nitrogen and oxygen atoms in total. The van der Waals surface area contributed by atoms with Gasteiger partial charge < -0.3 is 5.32 Å². The molecule has 0 radical (unpaired) electrons. The summed E-state index contributed by atoms with van der Waals surface area (Å²) in [4.78, 5) is 8.21. The van der Waals surface area contributed by atoms with Crippen LogP contribution in [0.3, 0.4) is 0 Å². The summed E-state index contributed by atoms with van der Waals surface area (Å²) in [5.74, 6) is 0.850. The van der Waals surface area contributed by atoms with Crippen LogP contribution in [-0.2, 0) is 12.8 Å². The van der Waals surface area contributed by atoms with E-state index in [-0.39, 0.29) is 0 Å². The average Bonchev–Trinajstić information content (AvgIpc) is 2.82. The van der Waals surface area contributed by atoms with Crippen molar-refractivity contribution in [2.45, 2.75) is 19.8 Å². The first-order chi connectivity index (χ1) is 8.31. The van der Waals surface area contributed by atoms with E-state index in [0.29, 0.717) is 5.15 Å². The highest BCUT2D eigenvalue weighted by atomic mass is 35.5. The van der Waals surface area contributed by atoms with E-state index in [1.807, 2.05) is 0 Å². The second kappa shape index (κ2) is 5.98. The van der Waals surface area contributed by atoms with Crippen molar-refractivity contribution in [2.75, 3.05) is 11.9 Å². The van der Waals surface area contributed by atoms with Crippen molar-refractivity contribution < 1.29 is 0 Å². The summed E-state index contributed by atoms with van der Waals surface area (Å²) in [5.41, 5.74) is 2.33. The minimum atomic E-state index is 0.542. The van der Waals surface area contributed by atoms with Gasteiger partial charge in [0, 0.05) is 12.1 Å². The monoisotopic (exact) mass is 267 g/mol. The number of nitrogens with zero attached hydrogens (tertiary/aromatic N) is 2. The molecule has 1 N–H and O–H groups in total. The summed E-state index contributed by atoms with van der Waals surface area (Å²) in [5, 5.41) is 8.11. The molecule has 0 fully saturated rings. The van der Waals surface area contributed by atoms with Crippen molar-refractivity contribution in [3.8, 4) is 0 Å². The van der Waals surface area contributed by atoms with E-state index >= 15 is 0 Å². The zero-order valence-electron chi connectivity index (χ0n) is 9.61. The van der Waals surface area contributed by atoms with Crippen molar-refractivity contribution in [3.05, 3.63) is 39.4 Å². The Morgan fingerprint density at radius 2 is 2.29 bits per heavy atom. The Kier molecular flexibility index (Phi) is 4.34. The molecule has 0 amide bonds. The topological polar surface area (TPSA) is 37.8 Å².